The zero-order valence-corrected chi connectivity index (χ0v) is 25.4. The number of hydrogen-bond donors (Lipinski definition) is 1. The minimum absolute atomic E-state index is 0.0300. The fraction of sp³-hybridized carbons (Fsp3) is 0.188. The van der Waals surface area contributed by atoms with Crippen molar-refractivity contribution in [2.75, 3.05) is 17.9 Å². The molecule has 0 aliphatic heterocycles. The van der Waals surface area contributed by atoms with Gasteiger partial charge in [0, 0.05) is 25.6 Å². The molecule has 1 N–H and O–H groups in total. The number of alkyl halides is 3. The number of rotatable bonds is 11. The Morgan fingerprint density at radius 3 is 2.09 bits per heavy atom. The number of carbonyl (C=O) groups excluding carboxylic acids is 2. The SMILES string of the molecule is CNC(=O)[C@@H](Cc1ccccc1)N(Cc1ccccc1F)C(=O)CN(c1cc(C(F)(F)F)ccc1Cl)S(=O)(=O)c1ccccc1. The van der Waals surface area contributed by atoms with Crippen LogP contribution in [0.5, 0.6) is 0 Å². The van der Waals surface area contributed by atoms with Crippen LogP contribution in [0.4, 0.5) is 23.2 Å². The number of halogens is 5. The molecular formula is C32H28ClF4N3O4S. The summed E-state index contributed by atoms with van der Waals surface area (Å²) in [6.07, 6.45) is -4.89. The normalized spacial score (nSPS) is 12.3. The van der Waals surface area contributed by atoms with Gasteiger partial charge in [-0.3, -0.25) is 13.9 Å². The van der Waals surface area contributed by atoms with E-state index in [4.69, 9.17) is 11.6 Å². The minimum Gasteiger partial charge on any atom is -0.357 e. The van der Waals surface area contributed by atoms with E-state index in [-0.39, 0.29) is 21.9 Å². The molecule has 45 heavy (non-hydrogen) atoms. The number of sulfonamides is 1. The van der Waals surface area contributed by atoms with Crippen molar-refractivity contribution < 1.29 is 35.6 Å². The van der Waals surface area contributed by atoms with Gasteiger partial charge in [-0.1, -0.05) is 78.3 Å². The standard InChI is InChI=1S/C32H28ClF4N3O4S/c1-38-31(42)29(18-22-10-4-2-5-11-22)39(20-23-12-8-9-15-27(23)34)30(41)21-40(45(43,44)25-13-6-3-7-14-25)28-19-24(32(35,36)37)16-17-26(28)33/h2-17,19,29H,18,20-21H2,1H3,(H,38,42)/t29-/m1/s1. The molecule has 0 radical (unpaired) electrons. The summed E-state index contributed by atoms with van der Waals surface area (Å²) in [5.74, 6) is -2.30. The second kappa shape index (κ2) is 14.1. The van der Waals surface area contributed by atoms with Crippen LogP contribution in [0, 0.1) is 5.82 Å². The number of nitrogens with one attached hydrogen (secondary N) is 1. The van der Waals surface area contributed by atoms with Crippen LogP contribution in [-0.2, 0) is 38.8 Å². The van der Waals surface area contributed by atoms with E-state index in [0.717, 1.165) is 11.0 Å². The highest BCUT2D eigenvalue weighted by molar-refractivity contribution is 7.92. The number of carbonyl (C=O) groups is 2. The van der Waals surface area contributed by atoms with E-state index >= 15 is 0 Å². The van der Waals surface area contributed by atoms with Crippen LogP contribution >= 0.6 is 11.6 Å². The van der Waals surface area contributed by atoms with E-state index in [9.17, 15) is 35.6 Å². The van der Waals surface area contributed by atoms with Crippen molar-refractivity contribution in [3.63, 3.8) is 0 Å². The molecule has 4 aromatic carbocycles. The van der Waals surface area contributed by atoms with Gasteiger partial charge < -0.3 is 10.2 Å². The Morgan fingerprint density at radius 1 is 0.889 bits per heavy atom. The third-order valence-corrected chi connectivity index (χ3v) is 9.06. The van der Waals surface area contributed by atoms with Gasteiger partial charge in [-0.2, -0.15) is 13.2 Å². The smallest absolute Gasteiger partial charge is 0.357 e. The number of nitrogens with zero attached hydrogens (tertiary/aromatic N) is 2. The molecule has 0 fully saturated rings. The molecule has 0 spiro atoms. The average molecular weight is 662 g/mol. The maximum absolute atomic E-state index is 14.9. The summed E-state index contributed by atoms with van der Waals surface area (Å²) in [7, 11) is -3.35. The summed E-state index contributed by atoms with van der Waals surface area (Å²) in [6, 6.07) is 21.8. The molecule has 0 heterocycles. The Hall–Kier alpha value is -4.42. The largest absolute Gasteiger partial charge is 0.416 e. The van der Waals surface area contributed by atoms with Crippen LogP contribution in [0.25, 0.3) is 0 Å². The fourth-order valence-electron chi connectivity index (χ4n) is 4.64. The molecule has 0 aromatic heterocycles. The molecule has 7 nitrogen and oxygen atoms in total. The van der Waals surface area contributed by atoms with Crippen molar-refractivity contribution in [1.29, 1.82) is 0 Å². The van der Waals surface area contributed by atoms with Crippen molar-refractivity contribution in [2.24, 2.45) is 0 Å². The molecule has 0 aliphatic rings. The van der Waals surface area contributed by atoms with Gasteiger partial charge in [0.25, 0.3) is 10.0 Å². The Kier molecular flexibility index (Phi) is 10.5. The van der Waals surface area contributed by atoms with Gasteiger partial charge in [0.2, 0.25) is 11.8 Å². The minimum atomic E-state index is -4.86. The Balaban J connectivity index is 1.86. The van der Waals surface area contributed by atoms with Crippen molar-refractivity contribution in [2.45, 2.75) is 30.1 Å². The molecule has 1 atom stereocenters. The summed E-state index contributed by atoms with van der Waals surface area (Å²) >= 11 is 6.28. The third-order valence-electron chi connectivity index (χ3n) is 6.97. The first kappa shape index (κ1) is 33.5. The highest BCUT2D eigenvalue weighted by atomic mass is 35.5. The molecule has 4 aromatic rings. The van der Waals surface area contributed by atoms with Crippen molar-refractivity contribution >= 4 is 39.1 Å². The van der Waals surface area contributed by atoms with E-state index < -0.39 is 64.2 Å². The lowest BCUT2D eigenvalue weighted by molar-refractivity contribution is -0.139. The third kappa shape index (κ3) is 8.00. The number of amides is 2. The Labute approximate surface area is 263 Å². The van der Waals surface area contributed by atoms with Gasteiger partial charge in [0.1, 0.15) is 18.4 Å². The van der Waals surface area contributed by atoms with Gasteiger partial charge in [0.05, 0.1) is 21.2 Å². The predicted molar refractivity (Wildman–Crippen MR) is 162 cm³/mol. The van der Waals surface area contributed by atoms with Gasteiger partial charge in [-0.05, 0) is 42.0 Å². The quantitative estimate of drug-likeness (QED) is 0.198. The highest BCUT2D eigenvalue weighted by Crippen LogP contribution is 2.37. The highest BCUT2D eigenvalue weighted by Gasteiger charge is 2.37. The van der Waals surface area contributed by atoms with Crippen LogP contribution in [0.3, 0.4) is 0 Å². The molecule has 13 heteroatoms. The van der Waals surface area contributed by atoms with Crippen LogP contribution in [-0.4, -0.2) is 44.8 Å². The van der Waals surface area contributed by atoms with E-state index in [2.05, 4.69) is 5.32 Å². The summed E-state index contributed by atoms with van der Waals surface area (Å²) in [5.41, 5.74) is -1.12. The van der Waals surface area contributed by atoms with Crippen LogP contribution < -0.4 is 9.62 Å². The number of anilines is 1. The summed E-state index contributed by atoms with van der Waals surface area (Å²) in [5, 5.41) is 2.12. The van der Waals surface area contributed by atoms with Gasteiger partial charge >= 0.3 is 6.18 Å². The van der Waals surface area contributed by atoms with Gasteiger partial charge in [0.15, 0.2) is 0 Å². The Bertz CT molecular complexity index is 1760. The van der Waals surface area contributed by atoms with E-state index in [1.54, 1.807) is 36.4 Å². The Morgan fingerprint density at radius 2 is 1.49 bits per heavy atom. The lowest BCUT2D eigenvalue weighted by atomic mass is 10.0. The van der Waals surface area contributed by atoms with E-state index in [0.29, 0.717) is 22.0 Å². The lowest BCUT2D eigenvalue weighted by Crippen LogP contribution is -2.53. The molecular weight excluding hydrogens is 634 g/mol. The molecule has 4 rings (SSSR count). The number of likely N-dealkylation sites (N-methyl/N-ethyl adjacent to an activating group) is 1. The maximum Gasteiger partial charge on any atom is 0.416 e. The summed E-state index contributed by atoms with van der Waals surface area (Å²) < 4.78 is 84.4. The average Bonchev–Trinajstić information content (AvgIpc) is 3.02. The monoisotopic (exact) mass is 661 g/mol. The molecule has 0 saturated carbocycles. The molecule has 0 bridgehead atoms. The van der Waals surface area contributed by atoms with E-state index in [1.165, 1.54) is 55.6 Å². The zero-order valence-electron chi connectivity index (χ0n) is 23.8. The molecule has 0 unspecified atom stereocenters. The first-order chi connectivity index (χ1) is 21.3. The van der Waals surface area contributed by atoms with Gasteiger partial charge in [-0.15, -0.1) is 0 Å². The zero-order chi connectivity index (χ0) is 32.8. The summed E-state index contributed by atoms with van der Waals surface area (Å²) in [4.78, 5) is 28.2. The van der Waals surface area contributed by atoms with Crippen molar-refractivity contribution in [3.05, 3.63) is 131 Å². The van der Waals surface area contributed by atoms with Crippen molar-refractivity contribution in [3.8, 4) is 0 Å². The van der Waals surface area contributed by atoms with Gasteiger partial charge in [-0.25, -0.2) is 12.8 Å². The van der Waals surface area contributed by atoms with E-state index in [1.807, 2.05) is 0 Å². The second-order valence-electron chi connectivity index (χ2n) is 9.92. The topological polar surface area (TPSA) is 86.8 Å². The maximum atomic E-state index is 14.9. The van der Waals surface area contributed by atoms with Crippen LogP contribution in [0.1, 0.15) is 16.7 Å². The second-order valence-corrected chi connectivity index (χ2v) is 12.2. The van der Waals surface area contributed by atoms with Crippen LogP contribution in [0.15, 0.2) is 108 Å². The molecule has 236 valence electrons. The lowest BCUT2D eigenvalue weighted by Gasteiger charge is -2.34. The fourth-order valence-corrected chi connectivity index (χ4v) is 6.36. The first-order valence-electron chi connectivity index (χ1n) is 13.6. The predicted octanol–water partition coefficient (Wildman–Crippen LogP) is 6.08. The van der Waals surface area contributed by atoms with Crippen LogP contribution in [0.2, 0.25) is 5.02 Å². The number of benzene rings is 4. The summed E-state index contributed by atoms with van der Waals surface area (Å²) in [6.45, 7) is -1.51. The van der Waals surface area contributed by atoms with Crippen molar-refractivity contribution in [1.82, 2.24) is 10.2 Å². The first-order valence-corrected chi connectivity index (χ1v) is 15.4. The molecule has 2 amide bonds. The number of hydrogen-bond acceptors (Lipinski definition) is 4. The molecule has 0 saturated heterocycles. The molecule has 0 aliphatic carbocycles.